The smallest absolute Gasteiger partial charge is 0.150 e. The van der Waals surface area contributed by atoms with Crippen molar-refractivity contribution in [1.82, 2.24) is 0 Å². The van der Waals surface area contributed by atoms with Crippen LogP contribution in [0.5, 0.6) is 0 Å². The normalized spacial score (nSPS) is 31.8. The first kappa shape index (κ1) is 9.99. The Labute approximate surface area is 73.7 Å². The third-order valence-electron chi connectivity index (χ3n) is 2.66. The van der Waals surface area contributed by atoms with E-state index in [2.05, 4.69) is 0 Å². The number of rotatable bonds is 2. The molecule has 0 unspecified atom stereocenters. The monoisotopic (exact) mass is 192 g/mol. The van der Waals surface area contributed by atoms with E-state index in [0.29, 0.717) is 5.92 Å². The summed E-state index contributed by atoms with van der Waals surface area (Å²) in [6.45, 7) is 0.205. The third-order valence-corrected chi connectivity index (χ3v) is 4.34. The van der Waals surface area contributed by atoms with Gasteiger partial charge in [-0.3, -0.25) is 0 Å². The van der Waals surface area contributed by atoms with Crippen LogP contribution in [-0.4, -0.2) is 31.6 Å². The van der Waals surface area contributed by atoms with Gasteiger partial charge in [0.2, 0.25) is 0 Å². The standard InChI is InChI=1S/C8H16O3S/c1-12(10,11)8-4-2-7(6-9)3-5-8/h7-9H,2-6H2,1H3. The van der Waals surface area contributed by atoms with Gasteiger partial charge >= 0.3 is 0 Å². The highest BCUT2D eigenvalue weighted by molar-refractivity contribution is 7.91. The van der Waals surface area contributed by atoms with E-state index in [0.717, 1.165) is 25.7 Å². The molecule has 1 aliphatic rings. The van der Waals surface area contributed by atoms with Crippen LogP contribution in [0.3, 0.4) is 0 Å². The van der Waals surface area contributed by atoms with E-state index in [4.69, 9.17) is 5.11 Å². The van der Waals surface area contributed by atoms with Gasteiger partial charge in [0.15, 0.2) is 0 Å². The summed E-state index contributed by atoms with van der Waals surface area (Å²) in [6, 6.07) is 0. The molecule has 1 rings (SSSR count). The van der Waals surface area contributed by atoms with Crippen LogP contribution in [-0.2, 0) is 9.84 Å². The van der Waals surface area contributed by atoms with Crippen molar-refractivity contribution in [3.63, 3.8) is 0 Å². The summed E-state index contributed by atoms with van der Waals surface area (Å²) in [5.41, 5.74) is 0. The molecule has 1 saturated carbocycles. The van der Waals surface area contributed by atoms with Gasteiger partial charge in [0.25, 0.3) is 0 Å². The van der Waals surface area contributed by atoms with E-state index in [1.54, 1.807) is 0 Å². The SMILES string of the molecule is CS(=O)(=O)C1CCC(CO)CC1. The lowest BCUT2D eigenvalue weighted by Gasteiger charge is -2.25. The van der Waals surface area contributed by atoms with Crippen molar-refractivity contribution < 1.29 is 13.5 Å². The second-order valence-corrected chi connectivity index (χ2v) is 5.98. The predicted octanol–water partition coefficient (Wildman–Crippen LogP) is 0.582. The lowest BCUT2D eigenvalue weighted by atomic mass is 9.90. The quantitative estimate of drug-likeness (QED) is 0.696. The van der Waals surface area contributed by atoms with Gasteiger partial charge in [-0.25, -0.2) is 8.42 Å². The fourth-order valence-corrected chi connectivity index (χ4v) is 2.87. The zero-order chi connectivity index (χ0) is 9.19. The largest absolute Gasteiger partial charge is 0.396 e. The summed E-state index contributed by atoms with van der Waals surface area (Å²) in [7, 11) is -2.84. The van der Waals surface area contributed by atoms with Gasteiger partial charge in [-0.15, -0.1) is 0 Å². The molecule has 1 fully saturated rings. The van der Waals surface area contributed by atoms with Crippen LogP contribution in [0.1, 0.15) is 25.7 Å². The van der Waals surface area contributed by atoms with Crippen molar-refractivity contribution in [3.05, 3.63) is 0 Å². The molecule has 0 saturated heterocycles. The Balaban J connectivity index is 2.47. The maximum Gasteiger partial charge on any atom is 0.150 e. The van der Waals surface area contributed by atoms with E-state index in [1.165, 1.54) is 6.26 Å². The Hall–Kier alpha value is -0.0900. The molecule has 0 heterocycles. The molecule has 3 nitrogen and oxygen atoms in total. The predicted molar refractivity (Wildman–Crippen MR) is 47.7 cm³/mol. The maximum atomic E-state index is 11.1. The van der Waals surface area contributed by atoms with Crippen LogP contribution < -0.4 is 0 Å². The molecular formula is C8H16O3S. The van der Waals surface area contributed by atoms with Gasteiger partial charge < -0.3 is 5.11 Å². The molecule has 72 valence electrons. The molecule has 1 N–H and O–H groups in total. The van der Waals surface area contributed by atoms with Gasteiger partial charge in [0.1, 0.15) is 9.84 Å². The minimum Gasteiger partial charge on any atom is -0.396 e. The van der Waals surface area contributed by atoms with E-state index < -0.39 is 9.84 Å². The minimum absolute atomic E-state index is 0.153. The molecule has 12 heavy (non-hydrogen) atoms. The van der Waals surface area contributed by atoms with Gasteiger partial charge in [0.05, 0.1) is 5.25 Å². The molecular weight excluding hydrogens is 176 g/mol. The molecule has 1 aliphatic carbocycles. The lowest BCUT2D eigenvalue weighted by Crippen LogP contribution is -2.27. The number of hydrogen-bond acceptors (Lipinski definition) is 3. The van der Waals surface area contributed by atoms with Gasteiger partial charge in [-0.2, -0.15) is 0 Å². The zero-order valence-electron chi connectivity index (χ0n) is 7.36. The first-order valence-corrected chi connectivity index (χ1v) is 6.29. The van der Waals surface area contributed by atoms with Crippen molar-refractivity contribution in [3.8, 4) is 0 Å². The number of hydrogen-bond donors (Lipinski definition) is 1. The number of sulfone groups is 1. The van der Waals surface area contributed by atoms with Crippen LogP contribution in [0.25, 0.3) is 0 Å². The van der Waals surface area contributed by atoms with Gasteiger partial charge in [-0.05, 0) is 31.6 Å². The lowest BCUT2D eigenvalue weighted by molar-refractivity contribution is 0.191. The van der Waals surface area contributed by atoms with E-state index >= 15 is 0 Å². The molecule has 0 aliphatic heterocycles. The Morgan fingerprint density at radius 3 is 2.08 bits per heavy atom. The highest BCUT2D eigenvalue weighted by atomic mass is 32.2. The molecule has 4 heteroatoms. The second kappa shape index (κ2) is 3.75. The van der Waals surface area contributed by atoms with E-state index in [-0.39, 0.29) is 11.9 Å². The molecule has 0 amide bonds. The average molecular weight is 192 g/mol. The molecule has 0 spiro atoms. The molecule has 0 bridgehead atoms. The Bertz CT molecular complexity index is 225. The van der Waals surface area contributed by atoms with Crippen molar-refractivity contribution >= 4 is 9.84 Å². The van der Waals surface area contributed by atoms with Crippen molar-refractivity contribution in [2.45, 2.75) is 30.9 Å². The van der Waals surface area contributed by atoms with Crippen molar-refractivity contribution in [2.24, 2.45) is 5.92 Å². The van der Waals surface area contributed by atoms with E-state index in [1.807, 2.05) is 0 Å². The van der Waals surface area contributed by atoms with Crippen molar-refractivity contribution in [1.29, 1.82) is 0 Å². The molecule has 0 radical (unpaired) electrons. The zero-order valence-corrected chi connectivity index (χ0v) is 8.18. The van der Waals surface area contributed by atoms with Crippen LogP contribution >= 0.6 is 0 Å². The first-order valence-electron chi connectivity index (χ1n) is 4.33. The molecule has 0 atom stereocenters. The summed E-state index contributed by atoms with van der Waals surface area (Å²) < 4.78 is 22.2. The first-order chi connectivity index (χ1) is 5.54. The fraction of sp³-hybridized carbons (Fsp3) is 1.00. The maximum absolute atomic E-state index is 11.1. The van der Waals surface area contributed by atoms with Crippen LogP contribution in [0.4, 0.5) is 0 Å². The van der Waals surface area contributed by atoms with E-state index in [9.17, 15) is 8.42 Å². The van der Waals surface area contributed by atoms with Crippen LogP contribution in [0, 0.1) is 5.92 Å². The summed E-state index contributed by atoms with van der Waals surface area (Å²) in [5.74, 6) is 0.336. The summed E-state index contributed by atoms with van der Waals surface area (Å²) in [4.78, 5) is 0. The summed E-state index contributed by atoms with van der Waals surface area (Å²) in [6.07, 6.45) is 4.47. The van der Waals surface area contributed by atoms with Crippen LogP contribution in [0.15, 0.2) is 0 Å². The van der Waals surface area contributed by atoms with Gasteiger partial charge in [-0.1, -0.05) is 0 Å². The third kappa shape index (κ3) is 2.45. The molecule has 0 aromatic heterocycles. The Morgan fingerprint density at radius 1 is 1.25 bits per heavy atom. The highest BCUT2D eigenvalue weighted by Gasteiger charge is 2.27. The fourth-order valence-electron chi connectivity index (χ4n) is 1.74. The molecule has 0 aromatic carbocycles. The number of aliphatic hydroxyl groups is 1. The Morgan fingerprint density at radius 2 is 1.75 bits per heavy atom. The van der Waals surface area contributed by atoms with Gasteiger partial charge in [0, 0.05) is 12.9 Å². The van der Waals surface area contributed by atoms with Crippen molar-refractivity contribution in [2.75, 3.05) is 12.9 Å². The average Bonchev–Trinajstić information content (AvgIpc) is 2.03. The summed E-state index contributed by atoms with van der Waals surface area (Å²) in [5, 5.41) is 8.68. The Kier molecular flexibility index (Phi) is 3.12. The highest BCUT2D eigenvalue weighted by Crippen LogP contribution is 2.27. The topological polar surface area (TPSA) is 54.4 Å². The van der Waals surface area contributed by atoms with Crippen LogP contribution in [0.2, 0.25) is 0 Å². The minimum atomic E-state index is -2.84. The summed E-state index contributed by atoms with van der Waals surface area (Å²) >= 11 is 0. The number of aliphatic hydroxyl groups excluding tert-OH is 1. The second-order valence-electron chi connectivity index (χ2n) is 3.65. The molecule has 0 aromatic rings.